The Kier molecular flexibility index (Phi) is 6.28. The number of carbonyl (C=O) groups is 2. The quantitative estimate of drug-likeness (QED) is 0.702. The largest absolute Gasteiger partial charge is 0.478 e. The molecule has 0 saturated carbocycles. The number of ether oxygens (including phenoxy) is 1. The maximum Gasteiger partial charge on any atom is 0.336 e. The minimum absolute atomic E-state index is 0.145. The highest BCUT2D eigenvalue weighted by atomic mass is 16.5. The minimum Gasteiger partial charge on any atom is -0.478 e. The molecule has 0 saturated heterocycles. The lowest BCUT2D eigenvalue weighted by molar-refractivity contribution is -0.138. The van der Waals surface area contributed by atoms with Gasteiger partial charge in [-0.2, -0.15) is 0 Å². The smallest absolute Gasteiger partial charge is 0.336 e. The van der Waals surface area contributed by atoms with E-state index in [0.29, 0.717) is 18.4 Å². The maximum absolute atomic E-state index is 12.0. The summed E-state index contributed by atoms with van der Waals surface area (Å²) in [4.78, 5) is 23.3. The zero-order chi connectivity index (χ0) is 15.1. The standard InChI is InChI=1S/C15H23NO4/c1-4-7-12-10(14(17)18)9-11(15(19)20-6-3)13(16-12)8-5-2/h16H,4-9H2,1-3H3,(H,17,18). The number of hydrogen-bond acceptors (Lipinski definition) is 4. The molecule has 20 heavy (non-hydrogen) atoms. The first-order valence-electron chi connectivity index (χ1n) is 7.16. The molecule has 0 bridgehead atoms. The van der Waals surface area contributed by atoms with Crippen LogP contribution in [0.2, 0.25) is 0 Å². The Morgan fingerprint density at radius 1 is 1.10 bits per heavy atom. The normalized spacial score (nSPS) is 15.2. The number of carboxylic acid groups (broad SMARTS) is 1. The summed E-state index contributed by atoms with van der Waals surface area (Å²) in [5.74, 6) is -1.39. The Bertz CT molecular complexity index is 449. The summed E-state index contributed by atoms with van der Waals surface area (Å²) in [6.07, 6.45) is 3.27. The Labute approximate surface area is 119 Å². The lowest BCUT2D eigenvalue weighted by Crippen LogP contribution is -2.28. The number of carbonyl (C=O) groups excluding carboxylic acids is 1. The molecule has 0 aromatic carbocycles. The fourth-order valence-electron chi connectivity index (χ4n) is 2.27. The van der Waals surface area contributed by atoms with E-state index in [1.807, 2.05) is 13.8 Å². The van der Waals surface area contributed by atoms with Gasteiger partial charge in [-0.1, -0.05) is 26.7 Å². The van der Waals surface area contributed by atoms with Crippen LogP contribution >= 0.6 is 0 Å². The lowest BCUT2D eigenvalue weighted by atomic mass is 9.94. The van der Waals surface area contributed by atoms with Gasteiger partial charge in [0, 0.05) is 17.8 Å². The molecule has 0 aromatic heterocycles. The van der Waals surface area contributed by atoms with Crippen LogP contribution in [0.5, 0.6) is 0 Å². The Morgan fingerprint density at radius 3 is 2.10 bits per heavy atom. The average molecular weight is 281 g/mol. The van der Waals surface area contributed by atoms with E-state index >= 15 is 0 Å². The third-order valence-corrected chi connectivity index (χ3v) is 3.16. The second kappa shape index (κ2) is 7.72. The number of dihydropyridines is 1. The van der Waals surface area contributed by atoms with Crippen molar-refractivity contribution in [1.29, 1.82) is 0 Å². The summed E-state index contributed by atoms with van der Waals surface area (Å²) < 4.78 is 5.03. The van der Waals surface area contributed by atoms with Gasteiger partial charge in [0.2, 0.25) is 0 Å². The third kappa shape index (κ3) is 3.85. The van der Waals surface area contributed by atoms with Crippen LogP contribution in [0.3, 0.4) is 0 Å². The molecule has 0 amide bonds. The van der Waals surface area contributed by atoms with Gasteiger partial charge in [0.15, 0.2) is 0 Å². The Morgan fingerprint density at radius 2 is 1.65 bits per heavy atom. The van der Waals surface area contributed by atoms with E-state index < -0.39 is 11.9 Å². The third-order valence-electron chi connectivity index (χ3n) is 3.16. The van der Waals surface area contributed by atoms with Crippen molar-refractivity contribution in [2.24, 2.45) is 0 Å². The molecule has 0 aromatic rings. The molecule has 5 heteroatoms. The van der Waals surface area contributed by atoms with Crippen molar-refractivity contribution in [3.63, 3.8) is 0 Å². The van der Waals surface area contributed by atoms with Crippen molar-refractivity contribution >= 4 is 11.9 Å². The first-order valence-corrected chi connectivity index (χ1v) is 7.16. The summed E-state index contributed by atoms with van der Waals surface area (Å²) in [7, 11) is 0. The molecule has 0 aliphatic carbocycles. The van der Waals surface area contributed by atoms with E-state index in [1.165, 1.54) is 0 Å². The van der Waals surface area contributed by atoms with Gasteiger partial charge in [0.05, 0.1) is 17.8 Å². The molecule has 0 radical (unpaired) electrons. The summed E-state index contributed by atoms with van der Waals surface area (Å²) in [5, 5.41) is 12.5. The van der Waals surface area contributed by atoms with Crippen LogP contribution in [-0.4, -0.2) is 23.7 Å². The number of esters is 1. The topological polar surface area (TPSA) is 75.6 Å². The molecule has 0 spiro atoms. The molecule has 0 fully saturated rings. The predicted octanol–water partition coefficient (Wildman–Crippen LogP) is 2.74. The zero-order valence-corrected chi connectivity index (χ0v) is 12.4. The van der Waals surface area contributed by atoms with Crippen molar-refractivity contribution in [3.8, 4) is 0 Å². The van der Waals surface area contributed by atoms with Crippen LogP contribution in [0, 0.1) is 0 Å². The second-order valence-electron chi connectivity index (χ2n) is 4.74. The molecule has 0 unspecified atom stereocenters. The highest BCUT2D eigenvalue weighted by molar-refractivity contribution is 5.96. The second-order valence-corrected chi connectivity index (χ2v) is 4.74. The highest BCUT2D eigenvalue weighted by Gasteiger charge is 2.28. The molecule has 2 N–H and O–H groups in total. The van der Waals surface area contributed by atoms with Crippen molar-refractivity contribution in [2.45, 2.75) is 52.9 Å². The van der Waals surface area contributed by atoms with Crippen LogP contribution in [-0.2, 0) is 14.3 Å². The summed E-state index contributed by atoms with van der Waals surface area (Å²) in [5.41, 5.74) is 2.25. The van der Waals surface area contributed by atoms with Crippen molar-refractivity contribution in [1.82, 2.24) is 5.32 Å². The van der Waals surface area contributed by atoms with Crippen LogP contribution in [0.4, 0.5) is 0 Å². The number of hydrogen-bond donors (Lipinski definition) is 2. The van der Waals surface area contributed by atoms with Gasteiger partial charge in [0.25, 0.3) is 0 Å². The monoisotopic (exact) mass is 281 g/mol. The van der Waals surface area contributed by atoms with E-state index in [1.54, 1.807) is 6.92 Å². The fourth-order valence-corrected chi connectivity index (χ4v) is 2.27. The molecule has 112 valence electrons. The molecule has 1 heterocycles. The van der Waals surface area contributed by atoms with E-state index in [-0.39, 0.29) is 18.6 Å². The Balaban J connectivity index is 3.09. The summed E-state index contributed by atoms with van der Waals surface area (Å²) in [6, 6.07) is 0. The molecule has 1 aliphatic rings. The molecular weight excluding hydrogens is 258 g/mol. The number of aliphatic carboxylic acids is 1. The lowest BCUT2D eigenvalue weighted by Gasteiger charge is -2.25. The fraction of sp³-hybridized carbons (Fsp3) is 0.600. The van der Waals surface area contributed by atoms with E-state index in [0.717, 1.165) is 24.2 Å². The van der Waals surface area contributed by atoms with Gasteiger partial charge in [-0.15, -0.1) is 0 Å². The van der Waals surface area contributed by atoms with Gasteiger partial charge in [0.1, 0.15) is 0 Å². The SMILES string of the molecule is CCCC1=C(C(=O)O)CC(C(=O)OCC)=C(CCC)N1. The van der Waals surface area contributed by atoms with Crippen LogP contribution in [0.1, 0.15) is 52.9 Å². The van der Waals surface area contributed by atoms with Crippen molar-refractivity contribution < 1.29 is 19.4 Å². The van der Waals surface area contributed by atoms with E-state index in [4.69, 9.17) is 4.74 Å². The van der Waals surface area contributed by atoms with Gasteiger partial charge in [-0.25, -0.2) is 9.59 Å². The number of allylic oxidation sites excluding steroid dienone is 2. The molecular formula is C15H23NO4. The van der Waals surface area contributed by atoms with Crippen LogP contribution < -0.4 is 5.32 Å². The first-order chi connectivity index (χ1) is 9.54. The van der Waals surface area contributed by atoms with E-state index in [9.17, 15) is 14.7 Å². The van der Waals surface area contributed by atoms with Crippen LogP contribution in [0.15, 0.2) is 22.5 Å². The highest BCUT2D eigenvalue weighted by Crippen LogP contribution is 2.28. The van der Waals surface area contributed by atoms with E-state index in [2.05, 4.69) is 5.32 Å². The van der Waals surface area contributed by atoms with Gasteiger partial charge in [-0.3, -0.25) is 0 Å². The van der Waals surface area contributed by atoms with Crippen molar-refractivity contribution in [2.75, 3.05) is 6.61 Å². The van der Waals surface area contributed by atoms with Crippen LogP contribution in [0.25, 0.3) is 0 Å². The summed E-state index contributed by atoms with van der Waals surface area (Å²) >= 11 is 0. The molecule has 5 nitrogen and oxygen atoms in total. The van der Waals surface area contributed by atoms with Gasteiger partial charge in [-0.05, 0) is 19.8 Å². The maximum atomic E-state index is 12.0. The average Bonchev–Trinajstić information content (AvgIpc) is 2.39. The van der Waals surface area contributed by atoms with Crippen molar-refractivity contribution in [3.05, 3.63) is 22.5 Å². The van der Waals surface area contributed by atoms with Gasteiger partial charge < -0.3 is 15.2 Å². The molecule has 1 aliphatic heterocycles. The number of nitrogens with one attached hydrogen (secondary N) is 1. The number of rotatable bonds is 7. The number of carboxylic acids is 1. The molecule has 1 rings (SSSR count). The molecule has 0 atom stereocenters. The minimum atomic E-state index is -0.974. The zero-order valence-electron chi connectivity index (χ0n) is 12.4. The Hall–Kier alpha value is -1.78. The van der Waals surface area contributed by atoms with Gasteiger partial charge >= 0.3 is 11.9 Å². The predicted molar refractivity (Wildman–Crippen MR) is 75.9 cm³/mol. The first kappa shape index (κ1) is 16.3. The summed E-state index contributed by atoms with van der Waals surface area (Å²) in [6.45, 7) is 6.05.